The Morgan fingerprint density at radius 2 is 1.27 bits per heavy atom. The molecule has 0 bridgehead atoms. The molecule has 0 aromatic rings. The summed E-state index contributed by atoms with van der Waals surface area (Å²) in [5.41, 5.74) is 0. The van der Waals surface area contributed by atoms with Gasteiger partial charge in [0.15, 0.2) is 0 Å². The zero-order valence-electron chi connectivity index (χ0n) is 27.4. The van der Waals surface area contributed by atoms with E-state index in [2.05, 4.69) is 31.4 Å². The van der Waals surface area contributed by atoms with Crippen LogP contribution in [0.4, 0.5) is 0 Å². The average Bonchev–Trinajstić information content (AvgIpc) is 2.94. The standard InChI is InChI=1S/C33H65N3O4S/c1-6-9-12-15-16-18-21-29(20-17-13-10-7-2)32(38)35-30(33(39)34-24-25-36(4)5)22-27-41-28-23-31(37)40-26-19-14-11-8-3/h29-30H,6-28H2,1-5H3,(H,34,39)(H,35,38). The third-order valence-corrected chi connectivity index (χ3v) is 8.45. The van der Waals surface area contributed by atoms with Crippen LogP contribution in [0.1, 0.15) is 136 Å². The third kappa shape index (κ3) is 25.0. The SMILES string of the molecule is CCCCCCCCC(CCCCCC)C(=O)NC(CCSCCC(=O)OCCCCCC)C(=O)NCCN(C)C. The Hall–Kier alpha value is -1.28. The van der Waals surface area contributed by atoms with Gasteiger partial charge >= 0.3 is 5.97 Å². The van der Waals surface area contributed by atoms with Crippen LogP contribution in [0.5, 0.6) is 0 Å². The van der Waals surface area contributed by atoms with Crippen molar-refractivity contribution in [1.29, 1.82) is 0 Å². The zero-order valence-corrected chi connectivity index (χ0v) is 28.2. The summed E-state index contributed by atoms with van der Waals surface area (Å²) < 4.78 is 5.33. The van der Waals surface area contributed by atoms with E-state index in [1.54, 1.807) is 11.8 Å². The summed E-state index contributed by atoms with van der Waals surface area (Å²) in [5, 5.41) is 6.14. The lowest BCUT2D eigenvalue weighted by molar-refractivity contribution is -0.143. The minimum Gasteiger partial charge on any atom is -0.466 e. The Kier molecular flexibility index (Phi) is 27.9. The van der Waals surface area contributed by atoms with Crippen molar-refractivity contribution in [3.05, 3.63) is 0 Å². The molecule has 2 atom stereocenters. The molecular weight excluding hydrogens is 534 g/mol. The Morgan fingerprint density at radius 3 is 1.88 bits per heavy atom. The van der Waals surface area contributed by atoms with E-state index >= 15 is 0 Å². The molecule has 2 N–H and O–H groups in total. The molecule has 0 fully saturated rings. The number of amides is 2. The van der Waals surface area contributed by atoms with E-state index in [0.717, 1.165) is 51.5 Å². The summed E-state index contributed by atoms with van der Waals surface area (Å²) in [7, 11) is 3.95. The largest absolute Gasteiger partial charge is 0.466 e. The number of nitrogens with one attached hydrogen (secondary N) is 2. The quantitative estimate of drug-likeness (QED) is 0.0703. The van der Waals surface area contributed by atoms with Crippen LogP contribution < -0.4 is 10.6 Å². The lowest BCUT2D eigenvalue weighted by Gasteiger charge is -2.23. The first-order chi connectivity index (χ1) is 19.8. The minimum absolute atomic E-state index is 0.0273. The van der Waals surface area contributed by atoms with E-state index in [0.29, 0.717) is 37.5 Å². The maximum absolute atomic E-state index is 13.4. The van der Waals surface area contributed by atoms with Gasteiger partial charge in [0.25, 0.3) is 0 Å². The predicted octanol–water partition coefficient (Wildman–Crippen LogP) is 7.12. The second-order valence-corrected chi connectivity index (χ2v) is 12.9. The monoisotopic (exact) mass is 599 g/mol. The van der Waals surface area contributed by atoms with Crippen LogP contribution in [0.2, 0.25) is 0 Å². The van der Waals surface area contributed by atoms with Gasteiger partial charge in [-0.2, -0.15) is 11.8 Å². The molecule has 2 amide bonds. The van der Waals surface area contributed by atoms with Crippen molar-refractivity contribution in [1.82, 2.24) is 15.5 Å². The molecule has 0 aromatic heterocycles. The van der Waals surface area contributed by atoms with Crippen molar-refractivity contribution in [2.24, 2.45) is 5.92 Å². The second kappa shape index (κ2) is 28.8. The molecule has 0 aromatic carbocycles. The van der Waals surface area contributed by atoms with E-state index in [1.165, 1.54) is 57.8 Å². The Labute approximate surface area is 257 Å². The number of esters is 1. The van der Waals surface area contributed by atoms with Gasteiger partial charge in [0.1, 0.15) is 6.04 Å². The van der Waals surface area contributed by atoms with Gasteiger partial charge in [-0.3, -0.25) is 14.4 Å². The summed E-state index contributed by atoms with van der Waals surface area (Å²) in [6.07, 6.45) is 18.9. The maximum atomic E-state index is 13.4. The van der Waals surface area contributed by atoms with Gasteiger partial charge in [0, 0.05) is 24.8 Å². The first kappa shape index (κ1) is 39.7. The van der Waals surface area contributed by atoms with Crippen LogP contribution in [-0.2, 0) is 19.1 Å². The lowest BCUT2D eigenvalue weighted by atomic mass is 9.93. The van der Waals surface area contributed by atoms with Crippen LogP contribution in [-0.4, -0.2) is 74.0 Å². The highest BCUT2D eigenvalue weighted by atomic mass is 32.2. The average molecular weight is 600 g/mol. The summed E-state index contributed by atoms with van der Waals surface area (Å²) in [6, 6.07) is -0.551. The van der Waals surface area contributed by atoms with Crippen LogP contribution in [0.15, 0.2) is 0 Å². The first-order valence-corrected chi connectivity index (χ1v) is 18.0. The van der Waals surface area contributed by atoms with Gasteiger partial charge < -0.3 is 20.3 Å². The molecule has 7 nitrogen and oxygen atoms in total. The number of thioether (sulfide) groups is 1. The number of ether oxygens (including phenoxy) is 1. The highest BCUT2D eigenvalue weighted by Crippen LogP contribution is 2.20. The fourth-order valence-corrected chi connectivity index (χ4v) is 5.64. The first-order valence-electron chi connectivity index (χ1n) is 16.8. The minimum atomic E-state index is -0.551. The predicted molar refractivity (Wildman–Crippen MR) is 175 cm³/mol. The summed E-state index contributed by atoms with van der Waals surface area (Å²) in [4.78, 5) is 40.6. The van der Waals surface area contributed by atoms with E-state index in [4.69, 9.17) is 4.74 Å². The molecule has 0 radical (unpaired) electrons. The van der Waals surface area contributed by atoms with E-state index in [9.17, 15) is 14.4 Å². The van der Waals surface area contributed by atoms with Crippen molar-refractivity contribution in [3.63, 3.8) is 0 Å². The molecule has 0 aliphatic carbocycles. The number of rotatable bonds is 29. The van der Waals surface area contributed by atoms with Crippen molar-refractivity contribution < 1.29 is 19.1 Å². The summed E-state index contributed by atoms with van der Waals surface area (Å²) >= 11 is 1.64. The number of carbonyl (C=O) groups is 3. The van der Waals surface area contributed by atoms with Gasteiger partial charge in [0.2, 0.25) is 11.8 Å². The molecule has 0 saturated carbocycles. The van der Waals surface area contributed by atoms with E-state index < -0.39 is 6.04 Å². The van der Waals surface area contributed by atoms with Gasteiger partial charge in [-0.15, -0.1) is 0 Å². The Bertz CT molecular complexity index is 648. The second-order valence-electron chi connectivity index (χ2n) is 11.7. The van der Waals surface area contributed by atoms with Gasteiger partial charge in [-0.25, -0.2) is 0 Å². The van der Waals surface area contributed by atoms with E-state index in [-0.39, 0.29) is 23.7 Å². The number of hydrogen-bond acceptors (Lipinski definition) is 6. The highest BCUT2D eigenvalue weighted by Gasteiger charge is 2.25. The van der Waals surface area contributed by atoms with Crippen molar-refractivity contribution >= 4 is 29.5 Å². The number of likely N-dealkylation sites (N-methyl/N-ethyl adjacent to an activating group) is 1. The van der Waals surface area contributed by atoms with Crippen LogP contribution in [0.3, 0.4) is 0 Å². The highest BCUT2D eigenvalue weighted by molar-refractivity contribution is 7.99. The molecule has 0 aliphatic rings. The van der Waals surface area contributed by atoms with Gasteiger partial charge in [-0.1, -0.05) is 104 Å². The lowest BCUT2D eigenvalue weighted by Crippen LogP contribution is -2.49. The van der Waals surface area contributed by atoms with Gasteiger partial charge in [0.05, 0.1) is 13.0 Å². The number of hydrogen-bond donors (Lipinski definition) is 2. The summed E-state index contributed by atoms with van der Waals surface area (Å²) in [5.74, 6) is 1.09. The smallest absolute Gasteiger partial charge is 0.306 e. The molecule has 0 spiro atoms. The molecule has 0 aliphatic heterocycles. The van der Waals surface area contributed by atoms with Crippen molar-refractivity contribution in [2.75, 3.05) is 45.3 Å². The molecule has 2 unspecified atom stereocenters. The fourth-order valence-electron chi connectivity index (χ4n) is 4.73. The summed E-state index contributed by atoms with van der Waals surface area (Å²) in [6.45, 7) is 8.40. The van der Waals surface area contributed by atoms with Crippen molar-refractivity contribution in [3.8, 4) is 0 Å². The van der Waals surface area contributed by atoms with Crippen LogP contribution >= 0.6 is 11.8 Å². The van der Waals surface area contributed by atoms with Gasteiger partial charge in [-0.05, 0) is 45.5 Å². The van der Waals surface area contributed by atoms with E-state index in [1.807, 2.05) is 19.0 Å². The molecular formula is C33H65N3O4S. The molecule has 0 rings (SSSR count). The maximum Gasteiger partial charge on any atom is 0.306 e. The number of carbonyl (C=O) groups excluding carboxylic acids is 3. The normalized spacial score (nSPS) is 12.7. The topological polar surface area (TPSA) is 87.7 Å². The zero-order chi connectivity index (χ0) is 30.6. The molecule has 242 valence electrons. The molecule has 8 heteroatoms. The van der Waals surface area contributed by atoms with Crippen molar-refractivity contribution in [2.45, 2.75) is 142 Å². The fraction of sp³-hybridized carbons (Fsp3) is 0.909. The third-order valence-electron chi connectivity index (χ3n) is 7.44. The molecule has 41 heavy (non-hydrogen) atoms. The van der Waals surface area contributed by atoms with Crippen LogP contribution in [0, 0.1) is 5.92 Å². The number of unbranched alkanes of at least 4 members (excludes halogenated alkanes) is 11. The number of nitrogens with zero attached hydrogens (tertiary/aromatic N) is 1. The van der Waals surface area contributed by atoms with Crippen LogP contribution in [0.25, 0.3) is 0 Å². The molecule has 0 saturated heterocycles. The molecule has 0 heterocycles. The Balaban J connectivity index is 4.87. The Morgan fingerprint density at radius 1 is 0.707 bits per heavy atom.